The molecular formula is C25H29N7O2. The van der Waals surface area contributed by atoms with Crippen molar-refractivity contribution in [2.24, 2.45) is 0 Å². The summed E-state index contributed by atoms with van der Waals surface area (Å²) < 4.78 is 9.24. The molecule has 0 spiro atoms. The topological polar surface area (TPSA) is 80.8 Å². The Labute approximate surface area is 198 Å². The van der Waals surface area contributed by atoms with E-state index in [0.717, 1.165) is 47.3 Å². The largest absolute Gasteiger partial charge is 0.378 e. The van der Waals surface area contributed by atoms with Crippen LogP contribution in [-0.4, -0.2) is 75.6 Å². The highest BCUT2D eigenvalue weighted by atomic mass is 16.5. The zero-order valence-corrected chi connectivity index (χ0v) is 19.8. The summed E-state index contributed by atoms with van der Waals surface area (Å²) in [4.78, 5) is 20.8. The van der Waals surface area contributed by atoms with Crippen LogP contribution in [0.1, 0.15) is 17.7 Å². The normalized spacial score (nSPS) is 14.0. The van der Waals surface area contributed by atoms with Gasteiger partial charge < -0.3 is 14.5 Å². The Morgan fingerprint density at radius 1 is 1.09 bits per heavy atom. The lowest BCUT2D eigenvalue weighted by molar-refractivity contribution is -0.128. The van der Waals surface area contributed by atoms with Gasteiger partial charge in [0.1, 0.15) is 5.82 Å². The summed E-state index contributed by atoms with van der Waals surface area (Å²) >= 11 is 0. The third kappa shape index (κ3) is 4.51. The van der Waals surface area contributed by atoms with Crippen molar-refractivity contribution in [2.45, 2.75) is 19.8 Å². The van der Waals surface area contributed by atoms with Gasteiger partial charge in [-0.05, 0) is 19.1 Å². The molecule has 5 rings (SSSR count). The van der Waals surface area contributed by atoms with Gasteiger partial charge >= 0.3 is 0 Å². The molecule has 0 bridgehead atoms. The second-order valence-electron chi connectivity index (χ2n) is 8.78. The van der Waals surface area contributed by atoms with Crippen LogP contribution in [0.2, 0.25) is 0 Å². The molecule has 0 N–H and O–H groups in total. The lowest BCUT2D eigenvalue weighted by Crippen LogP contribution is -2.37. The predicted molar refractivity (Wildman–Crippen MR) is 130 cm³/mol. The molecule has 3 aromatic heterocycles. The smallest absolute Gasteiger partial charge is 0.222 e. The minimum Gasteiger partial charge on any atom is -0.378 e. The first-order chi connectivity index (χ1) is 16.5. The van der Waals surface area contributed by atoms with Crippen LogP contribution < -0.4 is 4.90 Å². The van der Waals surface area contributed by atoms with E-state index in [4.69, 9.17) is 19.9 Å². The summed E-state index contributed by atoms with van der Waals surface area (Å²) in [5.41, 5.74) is 4.75. The third-order valence-electron chi connectivity index (χ3n) is 6.01. The summed E-state index contributed by atoms with van der Waals surface area (Å²) in [5, 5.41) is 9.59. The zero-order valence-electron chi connectivity index (χ0n) is 19.8. The molecule has 0 aliphatic carbocycles. The van der Waals surface area contributed by atoms with E-state index in [2.05, 4.69) is 30.0 Å². The van der Waals surface area contributed by atoms with E-state index in [1.54, 1.807) is 19.0 Å². The van der Waals surface area contributed by atoms with E-state index in [-0.39, 0.29) is 5.91 Å². The molecule has 176 valence electrons. The number of anilines is 1. The molecule has 4 heterocycles. The first-order valence-electron chi connectivity index (χ1n) is 11.5. The van der Waals surface area contributed by atoms with E-state index < -0.39 is 0 Å². The first kappa shape index (κ1) is 22.1. The van der Waals surface area contributed by atoms with Crippen molar-refractivity contribution in [1.82, 2.24) is 29.3 Å². The summed E-state index contributed by atoms with van der Waals surface area (Å²) in [5.74, 6) is 1.75. The zero-order chi connectivity index (χ0) is 23.7. The molecule has 0 saturated carbocycles. The summed E-state index contributed by atoms with van der Waals surface area (Å²) in [7, 11) is 3.54. The number of morpholine rings is 1. The number of carbonyl (C=O) groups excluding carboxylic acids is 1. The number of hydrogen-bond acceptors (Lipinski definition) is 6. The van der Waals surface area contributed by atoms with Crippen molar-refractivity contribution >= 4 is 17.4 Å². The number of nitrogens with zero attached hydrogens (tertiary/aromatic N) is 7. The van der Waals surface area contributed by atoms with Crippen LogP contribution in [0.4, 0.5) is 5.82 Å². The minimum absolute atomic E-state index is 0.0827. The van der Waals surface area contributed by atoms with Crippen molar-refractivity contribution < 1.29 is 9.53 Å². The monoisotopic (exact) mass is 459 g/mol. The molecule has 0 atom stereocenters. The van der Waals surface area contributed by atoms with Crippen LogP contribution in [0, 0.1) is 6.92 Å². The van der Waals surface area contributed by atoms with Crippen molar-refractivity contribution in [1.29, 1.82) is 0 Å². The van der Waals surface area contributed by atoms with Gasteiger partial charge in [-0.1, -0.05) is 23.8 Å². The molecule has 1 amide bonds. The Morgan fingerprint density at radius 2 is 1.91 bits per heavy atom. The molecule has 34 heavy (non-hydrogen) atoms. The van der Waals surface area contributed by atoms with Crippen molar-refractivity contribution in [2.75, 3.05) is 45.3 Å². The van der Waals surface area contributed by atoms with E-state index in [9.17, 15) is 4.79 Å². The maximum atomic E-state index is 12.1. The van der Waals surface area contributed by atoms with Crippen LogP contribution in [0.3, 0.4) is 0 Å². The molecular weight excluding hydrogens is 430 g/mol. The van der Waals surface area contributed by atoms with E-state index in [1.165, 1.54) is 5.56 Å². The van der Waals surface area contributed by atoms with Gasteiger partial charge in [0.05, 0.1) is 24.6 Å². The average Bonchev–Trinajstić information content (AvgIpc) is 3.49. The lowest BCUT2D eigenvalue weighted by atomic mass is 10.1. The molecule has 0 radical (unpaired) electrons. The van der Waals surface area contributed by atoms with E-state index in [0.29, 0.717) is 26.1 Å². The third-order valence-corrected chi connectivity index (χ3v) is 6.01. The Balaban J connectivity index is 1.52. The van der Waals surface area contributed by atoms with Crippen LogP contribution >= 0.6 is 0 Å². The van der Waals surface area contributed by atoms with E-state index in [1.807, 2.05) is 39.7 Å². The van der Waals surface area contributed by atoms with Crippen LogP contribution in [-0.2, 0) is 16.0 Å². The fourth-order valence-corrected chi connectivity index (χ4v) is 4.12. The molecule has 4 aromatic rings. The van der Waals surface area contributed by atoms with Crippen LogP contribution in [0.5, 0.6) is 0 Å². The van der Waals surface area contributed by atoms with Gasteiger partial charge in [-0.25, -0.2) is 9.67 Å². The molecule has 9 nitrogen and oxygen atoms in total. The molecule has 9 heteroatoms. The number of carbonyl (C=O) groups is 1. The van der Waals surface area contributed by atoms with Crippen LogP contribution in [0.15, 0.2) is 48.7 Å². The Bertz CT molecular complexity index is 1320. The number of aromatic nitrogens is 5. The van der Waals surface area contributed by atoms with Crippen molar-refractivity contribution in [3.05, 3.63) is 59.9 Å². The number of hydrogen-bond donors (Lipinski definition) is 0. The Morgan fingerprint density at radius 3 is 2.68 bits per heavy atom. The van der Waals surface area contributed by atoms with Gasteiger partial charge in [0, 0.05) is 63.9 Å². The number of fused-ring (bicyclic) bond motifs is 1. The lowest BCUT2D eigenvalue weighted by Gasteiger charge is -2.29. The fourth-order valence-electron chi connectivity index (χ4n) is 4.12. The molecule has 1 aromatic carbocycles. The standard InChI is InChI=1S/C25H29N7O2/c1-18-5-4-6-19(15-18)21-9-10-31(28-21)22-17-24(30-11-13-34-14-12-30)32-23(26-22)16-20(27-32)7-8-25(33)29(2)3/h4-6,9-10,15-17H,7-8,11-14H2,1-3H3. The maximum absolute atomic E-state index is 12.1. The Hall–Kier alpha value is -3.72. The maximum Gasteiger partial charge on any atom is 0.222 e. The number of ether oxygens (including phenoxy) is 1. The first-order valence-corrected chi connectivity index (χ1v) is 11.5. The van der Waals surface area contributed by atoms with Gasteiger partial charge in [-0.3, -0.25) is 4.79 Å². The fraction of sp³-hybridized carbons (Fsp3) is 0.360. The number of aryl methyl sites for hydroxylation is 2. The number of amides is 1. The highest BCUT2D eigenvalue weighted by Gasteiger charge is 2.19. The van der Waals surface area contributed by atoms with Gasteiger partial charge in [0.25, 0.3) is 0 Å². The summed E-state index contributed by atoms with van der Waals surface area (Å²) in [6, 6.07) is 14.3. The number of rotatable bonds is 6. The van der Waals surface area contributed by atoms with Crippen LogP contribution in [0.25, 0.3) is 22.7 Å². The van der Waals surface area contributed by atoms with E-state index >= 15 is 0 Å². The Kier molecular flexibility index (Phi) is 6.02. The second kappa shape index (κ2) is 9.26. The predicted octanol–water partition coefficient (Wildman–Crippen LogP) is 2.75. The van der Waals surface area contributed by atoms with Crippen molar-refractivity contribution in [3.63, 3.8) is 0 Å². The molecule has 1 aliphatic rings. The second-order valence-corrected chi connectivity index (χ2v) is 8.78. The minimum atomic E-state index is 0.0827. The number of benzene rings is 1. The molecule has 1 fully saturated rings. The van der Waals surface area contributed by atoms with Gasteiger partial charge in [-0.15, -0.1) is 0 Å². The van der Waals surface area contributed by atoms with Crippen molar-refractivity contribution in [3.8, 4) is 17.1 Å². The summed E-state index contributed by atoms with van der Waals surface area (Å²) in [6.45, 7) is 4.97. The van der Waals surface area contributed by atoms with Gasteiger partial charge in [-0.2, -0.15) is 14.7 Å². The van der Waals surface area contributed by atoms with Gasteiger partial charge in [0.15, 0.2) is 11.5 Å². The SMILES string of the molecule is Cc1cccc(-c2ccn(-c3cc(N4CCOCC4)n4nc(CCC(=O)N(C)C)cc4n3)n2)c1. The highest BCUT2D eigenvalue weighted by Crippen LogP contribution is 2.24. The molecule has 1 aliphatic heterocycles. The molecule has 0 unspecified atom stereocenters. The highest BCUT2D eigenvalue weighted by molar-refractivity contribution is 5.75. The molecule has 1 saturated heterocycles. The average molecular weight is 460 g/mol. The van der Waals surface area contributed by atoms with Gasteiger partial charge in [0.2, 0.25) is 5.91 Å². The summed E-state index contributed by atoms with van der Waals surface area (Å²) in [6.07, 6.45) is 2.92. The quantitative estimate of drug-likeness (QED) is 0.441.